The van der Waals surface area contributed by atoms with E-state index in [-0.39, 0.29) is 12.0 Å². The first-order chi connectivity index (χ1) is 11.6. The minimum Gasteiger partial charge on any atom is -0.372 e. The molecule has 0 aliphatic carbocycles. The average molecular weight is 323 g/mol. The summed E-state index contributed by atoms with van der Waals surface area (Å²) >= 11 is 0. The number of benzene rings is 2. The molecule has 2 aromatic rings. The molecule has 24 heavy (non-hydrogen) atoms. The van der Waals surface area contributed by atoms with Crippen molar-refractivity contribution in [1.29, 1.82) is 0 Å². The number of hydrogen-bond donors (Lipinski definition) is 0. The smallest absolute Gasteiger partial charge is 0.254 e. The first kappa shape index (κ1) is 16.7. The number of nitrogens with zero attached hydrogens (tertiary/aromatic N) is 1. The van der Waals surface area contributed by atoms with E-state index in [4.69, 9.17) is 4.74 Å². The average Bonchev–Trinajstić information content (AvgIpc) is 2.61. The standard InChI is InChI=1S/C21H25NO2/c1-16-8-3-5-10-18(16)15-24-19-11-7-13-22(14-19)21(23)20-12-6-4-9-17(20)2/h3-6,8-10,12,19H,7,11,13-15H2,1-2H3/t19-/m0/s1. The Balaban J connectivity index is 1.61. The lowest BCUT2D eigenvalue weighted by Gasteiger charge is -2.33. The second-order valence-corrected chi connectivity index (χ2v) is 6.57. The molecule has 1 heterocycles. The third-order valence-electron chi connectivity index (χ3n) is 4.78. The highest BCUT2D eigenvalue weighted by Gasteiger charge is 2.25. The predicted octanol–water partition coefficient (Wildman–Crippen LogP) is 4.12. The van der Waals surface area contributed by atoms with Gasteiger partial charge in [-0.1, -0.05) is 42.5 Å². The van der Waals surface area contributed by atoms with Crippen molar-refractivity contribution in [3.05, 3.63) is 70.8 Å². The van der Waals surface area contributed by atoms with Gasteiger partial charge in [0.25, 0.3) is 5.91 Å². The molecule has 0 N–H and O–H groups in total. The van der Waals surface area contributed by atoms with E-state index >= 15 is 0 Å². The Bertz CT molecular complexity index is 710. The SMILES string of the molecule is Cc1ccccc1CO[C@H]1CCCN(C(=O)c2ccccc2C)C1. The number of carbonyl (C=O) groups is 1. The van der Waals surface area contributed by atoms with Crippen molar-refractivity contribution < 1.29 is 9.53 Å². The summed E-state index contributed by atoms with van der Waals surface area (Å²) in [7, 11) is 0. The quantitative estimate of drug-likeness (QED) is 0.847. The zero-order valence-corrected chi connectivity index (χ0v) is 14.5. The van der Waals surface area contributed by atoms with E-state index in [1.807, 2.05) is 48.2 Å². The lowest BCUT2D eigenvalue weighted by atomic mass is 10.0. The molecule has 1 aliphatic heterocycles. The molecule has 0 unspecified atom stereocenters. The fraction of sp³-hybridized carbons (Fsp3) is 0.381. The molecule has 1 fully saturated rings. The molecule has 3 heteroatoms. The molecule has 3 nitrogen and oxygen atoms in total. The normalized spacial score (nSPS) is 17.8. The van der Waals surface area contributed by atoms with E-state index in [1.165, 1.54) is 11.1 Å². The molecule has 3 rings (SSSR count). The minimum atomic E-state index is 0.117. The van der Waals surface area contributed by atoms with Gasteiger partial charge in [-0.3, -0.25) is 4.79 Å². The highest BCUT2D eigenvalue weighted by molar-refractivity contribution is 5.95. The van der Waals surface area contributed by atoms with E-state index in [9.17, 15) is 4.79 Å². The third kappa shape index (κ3) is 3.85. The van der Waals surface area contributed by atoms with Gasteiger partial charge in [-0.05, 0) is 49.4 Å². The van der Waals surface area contributed by atoms with Gasteiger partial charge in [-0.25, -0.2) is 0 Å². The Morgan fingerprint density at radius 2 is 1.79 bits per heavy atom. The topological polar surface area (TPSA) is 29.5 Å². The summed E-state index contributed by atoms with van der Waals surface area (Å²) in [4.78, 5) is 14.7. The number of likely N-dealkylation sites (tertiary alicyclic amines) is 1. The highest BCUT2D eigenvalue weighted by atomic mass is 16.5. The molecule has 1 saturated heterocycles. The number of piperidine rings is 1. The number of hydrogen-bond acceptors (Lipinski definition) is 2. The van der Waals surface area contributed by atoms with Gasteiger partial charge in [0.1, 0.15) is 0 Å². The van der Waals surface area contributed by atoms with Gasteiger partial charge in [-0.15, -0.1) is 0 Å². The van der Waals surface area contributed by atoms with Gasteiger partial charge in [0.15, 0.2) is 0 Å². The first-order valence-corrected chi connectivity index (χ1v) is 8.66. The number of amides is 1. The van der Waals surface area contributed by atoms with E-state index in [0.717, 1.165) is 30.5 Å². The van der Waals surface area contributed by atoms with Crippen LogP contribution in [0.25, 0.3) is 0 Å². The molecule has 0 aromatic heterocycles. The highest BCUT2D eigenvalue weighted by Crippen LogP contribution is 2.19. The molecule has 126 valence electrons. The fourth-order valence-corrected chi connectivity index (χ4v) is 3.22. The summed E-state index contributed by atoms with van der Waals surface area (Å²) in [5.74, 6) is 0.122. The molecule has 2 aromatic carbocycles. The summed E-state index contributed by atoms with van der Waals surface area (Å²) in [6.45, 7) is 6.21. The largest absolute Gasteiger partial charge is 0.372 e. The first-order valence-electron chi connectivity index (χ1n) is 8.66. The lowest BCUT2D eigenvalue weighted by Crippen LogP contribution is -2.43. The zero-order chi connectivity index (χ0) is 16.9. The van der Waals surface area contributed by atoms with Gasteiger partial charge in [-0.2, -0.15) is 0 Å². The van der Waals surface area contributed by atoms with Crippen LogP contribution in [0.4, 0.5) is 0 Å². The second-order valence-electron chi connectivity index (χ2n) is 6.57. The van der Waals surface area contributed by atoms with Crippen LogP contribution in [0.1, 0.15) is 39.9 Å². The van der Waals surface area contributed by atoms with Crippen LogP contribution in [0, 0.1) is 13.8 Å². The van der Waals surface area contributed by atoms with Crippen molar-refractivity contribution in [3.63, 3.8) is 0 Å². The maximum Gasteiger partial charge on any atom is 0.254 e. The number of ether oxygens (including phenoxy) is 1. The molecule has 0 saturated carbocycles. The van der Waals surface area contributed by atoms with E-state index < -0.39 is 0 Å². The molecule has 1 aliphatic rings. The summed E-state index contributed by atoms with van der Waals surface area (Å²) in [6.07, 6.45) is 2.13. The van der Waals surface area contributed by atoms with Crippen LogP contribution >= 0.6 is 0 Å². The molecule has 0 spiro atoms. The van der Waals surface area contributed by atoms with E-state index in [0.29, 0.717) is 13.2 Å². The van der Waals surface area contributed by atoms with Crippen molar-refractivity contribution in [3.8, 4) is 0 Å². The molecule has 0 bridgehead atoms. The fourth-order valence-electron chi connectivity index (χ4n) is 3.22. The molecule has 0 radical (unpaired) electrons. The summed E-state index contributed by atoms with van der Waals surface area (Å²) < 4.78 is 6.10. The van der Waals surface area contributed by atoms with Crippen LogP contribution in [0.15, 0.2) is 48.5 Å². The van der Waals surface area contributed by atoms with Crippen molar-refractivity contribution in [2.24, 2.45) is 0 Å². The van der Waals surface area contributed by atoms with Crippen molar-refractivity contribution in [2.75, 3.05) is 13.1 Å². The summed E-state index contributed by atoms with van der Waals surface area (Å²) in [5.41, 5.74) is 4.31. The third-order valence-corrected chi connectivity index (χ3v) is 4.78. The molecular weight excluding hydrogens is 298 g/mol. The Morgan fingerprint density at radius 1 is 1.08 bits per heavy atom. The van der Waals surface area contributed by atoms with Gasteiger partial charge < -0.3 is 9.64 Å². The molecule has 1 amide bonds. The predicted molar refractivity (Wildman–Crippen MR) is 96.1 cm³/mol. The Labute approximate surface area is 144 Å². The number of aryl methyl sites for hydroxylation is 2. The van der Waals surface area contributed by atoms with Crippen molar-refractivity contribution in [2.45, 2.75) is 39.4 Å². The molecule has 1 atom stereocenters. The maximum absolute atomic E-state index is 12.8. The van der Waals surface area contributed by atoms with Crippen LogP contribution in [0.2, 0.25) is 0 Å². The van der Waals surface area contributed by atoms with Crippen LogP contribution in [0.3, 0.4) is 0 Å². The zero-order valence-electron chi connectivity index (χ0n) is 14.5. The van der Waals surface area contributed by atoms with Crippen molar-refractivity contribution >= 4 is 5.91 Å². The lowest BCUT2D eigenvalue weighted by molar-refractivity contribution is -0.00690. The van der Waals surface area contributed by atoms with Gasteiger partial charge in [0.2, 0.25) is 0 Å². The van der Waals surface area contributed by atoms with Crippen LogP contribution in [-0.4, -0.2) is 30.0 Å². The maximum atomic E-state index is 12.8. The molecular formula is C21H25NO2. The number of rotatable bonds is 4. The van der Waals surface area contributed by atoms with Crippen LogP contribution < -0.4 is 0 Å². The van der Waals surface area contributed by atoms with Crippen molar-refractivity contribution in [1.82, 2.24) is 4.90 Å². The monoisotopic (exact) mass is 323 g/mol. The Kier molecular flexibility index (Phi) is 5.31. The summed E-state index contributed by atoms with van der Waals surface area (Å²) in [5, 5.41) is 0. The second kappa shape index (κ2) is 7.63. The van der Waals surface area contributed by atoms with Crippen LogP contribution in [0.5, 0.6) is 0 Å². The van der Waals surface area contributed by atoms with E-state index in [2.05, 4.69) is 19.1 Å². The summed E-state index contributed by atoms with van der Waals surface area (Å²) in [6, 6.07) is 16.1. The van der Waals surface area contributed by atoms with Gasteiger partial charge >= 0.3 is 0 Å². The van der Waals surface area contributed by atoms with E-state index in [1.54, 1.807) is 0 Å². The minimum absolute atomic E-state index is 0.117. The Morgan fingerprint density at radius 3 is 2.54 bits per heavy atom. The van der Waals surface area contributed by atoms with Gasteiger partial charge in [0.05, 0.1) is 12.7 Å². The number of carbonyl (C=O) groups excluding carboxylic acids is 1. The van der Waals surface area contributed by atoms with Crippen LogP contribution in [-0.2, 0) is 11.3 Å². The van der Waals surface area contributed by atoms with Gasteiger partial charge in [0, 0.05) is 18.7 Å². The Hall–Kier alpha value is -2.13.